The predicted octanol–water partition coefficient (Wildman–Crippen LogP) is 4.39. The van der Waals surface area contributed by atoms with Gasteiger partial charge in [0.25, 0.3) is 0 Å². The number of aliphatic imine (C=N–C) groups is 1. The first-order valence-corrected chi connectivity index (χ1v) is 6.98. The second-order valence-electron chi connectivity index (χ2n) is 4.72. The van der Waals surface area contributed by atoms with Crippen LogP contribution >= 0.6 is 11.8 Å². The van der Waals surface area contributed by atoms with E-state index in [0.29, 0.717) is 5.17 Å². The third-order valence-electron chi connectivity index (χ3n) is 3.13. The smallest absolute Gasteiger partial charge is 0.334 e. The Labute approximate surface area is 114 Å². The van der Waals surface area contributed by atoms with Crippen molar-refractivity contribution in [3.63, 3.8) is 0 Å². The number of rotatable bonds is 2. The zero-order valence-electron chi connectivity index (χ0n) is 10.7. The maximum atomic E-state index is 12.9. The van der Waals surface area contributed by atoms with Crippen molar-refractivity contribution in [3.05, 3.63) is 29.8 Å². The highest BCUT2D eigenvalue weighted by Gasteiger charge is 2.34. The third kappa shape index (κ3) is 3.23. The SMILES string of the molecule is CCC1(C)CSC(Nc2ccccc2C(F)(F)F)=N1. The van der Waals surface area contributed by atoms with Crippen LogP contribution in [0.4, 0.5) is 18.9 Å². The van der Waals surface area contributed by atoms with Gasteiger partial charge in [-0.3, -0.25) is 4.99 Å². The zero-order valence-corrected chi connectivity index (χ0v) is 11.5. The molecule has 6 heteroatoms. The lowest BCUT2D eigenvalue weighted by molar-refractivity contribution is -0.136. The molecule has 0 radical (unpaired) electrons. The van der Waals surface area contributed by atoms with E-state index >= 15 is 0 Å². The Kier molecular flexibility index (Phi) is 3.80. The first-order chi connectivity index (χ1) is 8.84. The van der Waals surface area contributed by atoms with Crippen molar-refractivity contribution >= 4 is 22.6 Å². The van der Waals surface area contributed by atoms with E-state index in [0.717, 1.165) is 18.2 Å². The van der Waals surface area contributed by atoms with Crippen LogP contribution in [0.25, 0.3) is 0 Å². The number of nitrogens with one attached hydrogen (secondary N) is 1. The quantitative estimate of drug-likeness (QED) is 0.873. The van der Waals surface area contributed by atoms with Crippen LogP contribution in [0.3, 0.4) is 0 Å². The second-order valence-corrected chi connectivity index (χ2v) is 5.69. The highest BCUT2D eigenvalue weighted by Crippen LogP contribution is 2.36. The maximum Gasteiger partial charge on any atom is 0.418 e. The van der Waals surface area contributed by atoms with Gasteiger partial charge in [-0.2, -0.15) is 13.2 Å². The lowest BCUT2D eigenvalue weighted by Crippen LogP contribution is -2.20. The molecule has 0 amide bonds. The fourth-order valence-electron chi connectivity index (χ4n) is 1.73. The van der Waals surface area contributed by atoms with Crippen LogP contribution in [0, 0.1) is 0 Å². The first kappa shape index (κ1) is 14.2. The zero-order chi connectivity index (χ0) is 14.1. The molecule has 0 fully saturated rings. The Morgan fingerprint density at radius 3 is 2.63 bits per heavy atom. The minimum absolute atomic E-state index is 0.0570. The van der Waals surface area contributed by atoms with Gasteiger partial charge in [-0.05, 0) is 25.5 Å². The number of anilines is 1. The van der Waals surface area contributed by atoms with Crippen LogP contribution in [-0.4, -0.2) is 16.5 Å². The lowest BCUT2D eigenvalue weighted by Gasteiger charge is -2.15. The largest absolute Gasteiger partial charge is 0.418 e. The molecule has 1 aromatic carbocycles. The molecular weight excluding hydrogens is 273 g/mol. The monoisotopic (exact) mass is 288 g/mol. The molecule has 0 bridgehead atoms. The fourth-order valence-corrected chi connectivity index (χ4v) is 2.92. The van der Waals surface area contributed by atoms with Crippen molar-refractivity contribution in [3.8, 4) is 0 Å². The molecule has 104 valence electrons. The summed E-state index contributed by atoms with van der Waals surface area (Å²) in [5.74, 6) is 0.792. The predicted molar refractivity (Wildman–Crippen MR) is 73.7 cm³/mol. The van der Waals surface area contributed by atoms with Gasteiger partial charge in [0, 0.05) is 5.75 Å². The highest BCUT2D eigenvalue weighted by molar-refractivity contribution is 8.14. The Morgan fingerprint density at radius 2 is 2.05 bits per heavy atom. The lowest BCUT2D eigenvalue weighted by atomic mass is 10.0. The van der Waals surface area contributed by atoms with Gasteiger partial charge in [0.2, 0.25) is 0 Å². The van der Waals surface area contributed by atoms with Gasteiger partial charge in [0.05, 0.1) is 16.8 Å². The molecular formula is C13H15F3N2S. The molecule has 2 rings (SSSR count). The van der Waals surface area contributed by atoms with Crippen LogP contribution in [0.1, 0.15) is 25.8 Å². The minimum atomic E-state index is -4.36. The molecule has 2 nitrogen and oxygen atoms in total. The summed E-state index contributed by atoms with van der Waals surface area (Å²) in [5.41, 5.74) is -0.787. The van der Waals surface area contributed by atoms with Gasteiger partial charge in [-0.1, -0.05) is 30.8 Å². The van der Waals surface area contributed by atoms with E-state index in [9.17, 15) is 13.2 Å². The summed E-state index contributed by atoms with van der Waals surface area (Å²) < 4.78 is 38.6. The molecule has 1 aromatic rings. The van der Waals surface area contributed by atoms with E-state index in [1.807, 2.05) is 13.8 Å². The normalized spacial score (nSPS) is 23.3. The van der Waals surface area contributed by atoms with Crippen molar-refractivity contribution in [2.24, 2.45) is 4.99 Å². The van der Waals surface area contributed by atoms with Crippen molar-refractivity contribution in [1.29, 1.82) is 0 Å². The van der Waals surface area contributed by atoms with Crippen LogP contribution in [-0.2, 0) is 6.18 Å². The Bertz CT molecular complexity index is 499. The summed E-state index contributed by atoms with van der Waals surface area (Å²) in [5, 5.41) is 3.36. The van der Waals surface area contributed by atoms with Gasteiger partial charge >= 0.3 is 6.18 Å². The molecule has 1 N–H and O–H groups in total. The Hall–Kier alpha value is -1.17. The van der Waals surface area contributed by atoms with E-state index < -0.39 is 11.7 Å². The average molecular weight is 288 g/mol. The molecule has 0 saturated carbocycles. The van der Waals surface area contributed by atoms with E-state index in [1.165, 1.54) is 23.9 Å². The molecule has 0 saturated heterocycles. The van der Waals surface area contributed by atoms with Crippen LogP contribution < -0.4 is 5.32 Å². The van der Waals surface area contributed by atoms with Gasteiger partial charge in [0.1, 0.15) is 0 Å². The standard InChI is InChI=1S/C13H15F3N2S/c1-3-12(2)8-19-11(18-12)17-10-7-5-4-6-9(10)13(14,15)16/h4-7H,3,8H2,1-2H3,(H,17,18). The second kappa shape index (κ2) is 5.07. The van der Waals surface area contributed by atoms with Crippen molar-refractivity contribution in [1.82, 2.24) is 0 Å². The van der Waals surface area contributed by atoms with E-state index in [-0.39, 0.29) is 11.2 Å². The molecule has 1 aliphatic rings. The number of para-hydroxylation sites is 1. The fraction of sp³-hybridized carbons (Fsp3) is 0.462. The number of hydrogen-bond donors (Lipinski definition) is 1. The van der Waals surface area contributed by atoms with Gasteiger partial charge in [-0.25, -0.2) is 0 Å². The summed E-state index contributed by atoms with van der Waals surface area (Å²) in [7, 11) is 0. The summed E-state index contributed by atoms with van der Waals surface area (Å²) in [4.78, 5) is 4.46. The number of amidine groups is 1. The number of hydrogen-bond acceptors (Lipinski definition) is 3. The molecule has 1 atom stereocenters. The first-order valence-electron chi connectivity index (χ1n) is 6.00. The van der Waals surface area contributed by atoms with Crippen molar-refractivity contribution in [2.45, 2.75) is 32.0 Å². The molecule has 0 aliphatic carbocycles. The number of thioether (sulfide) groups is 1. The number of nitrogens with zero attached hydrogens (tertiary/aromatic N) is 1. The number of alkyl halides is 3. The van der Waals surface area contributed by atoms with Crippen LogP contribution in [0.15, 0.2) is 29.3 Å². The number of benzene rings is 1. The average Bonchev–Trinajstić information content (AvgIpc) is 2.71. The number of halogens is 3. The van der Waals surface area contributed by atoms with E-state index in [2.05, 4.69) is 10.3 Å². The summed E-state index contributed by atoms with van der Waals surface area (Å²) in [6.07, 6.45) is -3.49. The Balaban J connectivity index is 2.24. The van der Waals surface area contributed by atoms with Gasteiger partial charge < -0.3 is 5.32 Å². The van der Waals surface area contributed by atoms with E-state index in [1.54, 1.807) is 6.07 Å². The van der Waals surface area contributed by atoms with Crippen molar-refractivity contribution in [2.75, 3.05) is 11.1 Å². The van der Waals surface area contributed by atoms with E-state index in [4.69, 9.17) is 0 Å². The van der Waals surface area contributed by atoms with Crippen LogP contribution in [0.2, 0.25) is 0 Å². The maximum absolute atomic E-state index is 12.9. The van der Waals surface area contributed by atoms with Crippen molar-refractivity contribution < 1.29 is 13.2 Å². The molecule has 0 aromatic heterocycles. The molecule has 1 aliphatic heterocycles. The summed E-state index contributed by atoms with van der Waals surface area (Å²) in [6.45, 7) is 4.03. The third-order valence-corrected chi connectivity index (χ3v) is 4.36. The van der Waals surface area contributed by atoms with Gasteiger partial charge in [-0.15, -0.1) is 0 Å². The summed E-state index contributed by atoms with van der Waals surface area (Å²) in [6, 6.07) is 5.46. The topological polar surface area (TPSA) is 24.4 Å². The summed E-state index contributed by atoms with van der Waals surface area (Å²) >= 11 is 1.46. The molecule has 0 spiro atoms. The Morgan fingerprint density at radius 1 is 1.37 bits per heavy atom. The molecule has 19 heavy (non-hydrogen) atoms. The minimum Gasteiger partial charge on any atom is -0.334 e. The highest BCUT2D eigenvalue weighted by atomic mass is 32.2. The molecule has 1 heterocycles. The van der Waals surface area contributed by atoms with Crippen LogP contribution in [0.5, 0.6) is 0 Å². The molecule has 1 unspecified atom stereocenters. The van der Waals surface area contributed by atoms with Gasteiger partial charge in [0.15, 0.2) is 5.17 Å².